The second-order valence-electron chi connectivity index (χ2n) is 5.25. The fraction of sp³-hybridized carbons (Fsp3) is 0.111. The lowest BCUT2D eigenvalue weighted by molar-refractivity contribution is 0.0992. The van der Waals surface area contributed by atoms with Gasteiger partial charge in [0.1, 0.15) is 0 Å². The second-order valence-corrected chi connectivity index (χ2v) is 5.25. The third-order valence-electron chi connectivity index (χ3n) is 3.55. The van der Waals surface area contributed by atoms with Crippen molar-refractivity contribution in [2.75, 3.05) is 14.2 Å². The number of carbonyl (C=O) groups excluding carboxylic acids is 1. The van der Waals surface area contributed by atoms with E-state index >= 15 is 0 Å². The van der Waals surface area contributed by atoms with Crippen LogP contribution in [0.3, 0.4) is 0 Å². The molecule has 0 radical (unpaired) electrons. The monoisotopic (exact) mass is 368 g/mol. The number of benzene rings is 1. The van der Waals surface area contributed by atoms with Crippen LogP contribution < -0.4 is 19.9 Å². The summed E-state index contributed by atoms with van der Waals surface area (Å²) >= 11 is 0. The first-order chi connectivity index (χ1) is 13.0. The molecule has 2 aromatic heterocycles. The number of hydrogen-bond donors (Lipinski definition) is 2. The van der Waals surface area contributed by atoms with Crippen molar-refractivity contribution in [3.63, 3.8) is 0 Å². The molecule has 0 saturated heterocycles. The topological polar surface area (TPSA) is 130 Å². The Kier molecular flexibility index (Phi) is 5.02. The fourth-order valence-corrected chi connectivity index (χ4v) is 2.33. The number of aromatic nitrogens is 3. The highest BCUT2D eigenvalue weighted by Crippen LogP contribution is 2.38. The summed E-state index contributed by atoms with van der Waals surface area (Å²) in [6.45, 7) is 0. The van der Waals surface area contributed by atoms with E-state index in [1.807, 2.05) is 0 Å². The lowest BCUT2D eigenvalue weighted by Gasteiger charge is -2.15. The van der Waals surface area contributed by atoms with Crippen molar-refractivity contribution in [3.05, 3.63) is 48.3 Å². The molecule has 2 heterocycles. The molecule has 9 heteroatoms. The predicted molar refractivity (Wildman–Crippen MR) is 95.1 cm³/mol. The van der Waals surface area contributed by atoms with E-state index in [1.54, 1.807) is 30.3 Å². The number of amides is 1. The Balaban J connectivity index is 2.14. The number of aromatic hydroxyl groups is 1. The third kappa shape index (κ3) is 3.71. The van der Waals surface area contributed by atoms with Gasteiger partial charge in [-0.05, 0) is 18.2 Å². The highest BCUT2D eigenvalue weighted by atomic mass is 16.5. The Labute approximate surface area is 154 Å². The summed E-state index contributed by atoms with van der Waals surface area (Å²) in [6.07, 6.45) is 1.38. The van der Waals surface area contributed by atoms with Crippen molar-refractivity contribution in [1.82, 2.24) is 15.0 Å². The van der Waals surface area contributed by atoms with Crippen molar-refractivity contribution in [3.8, 4) is 40.4 Å². The largest absolute Gasteiger partial charge is 0.493 e. The molecule has 9 nitrogen and oxygen atoms in total. The molecule has 1 aromatic carbocycles. The molecule has 138 valence electrons. The Morgan fingerprint density at radius 1 is 1.07 bits per heavy atom. The van der Waals surface area contributed by atoms with Gasteiger partial charge in [0, 0.05) is 17.8 Å². The average Bonchev–Trinajstić information content (AvgIpc) is 2.68. The van der Waals surface area contributed by atoms with Crippen molar-refractivity contribution >= 4 is 5.91 Å². The SMILES string of the molecule is COc1ccccc1Oc1c(OC)nc(-c2ccnc(O)c2)nc1C(N)=O. The maximum Gasteiger partial charge on any atom is 0.271 e. The molecule has 3 N–H and O–H groups in total. The number of rotatable bonds is 6. The molecule has 0 bridgehead atoms. The number of primary amides is 1. The van der Waals surface area contributed by atoms with Crippen LogP contribution in [0.5, 0.6) is 29.0 Å². The minimum atomic E-state index is -0.833. The van der Waals surface area contributed by atoms with E-state index in [9.17, 15) is 9.90 Å². The Morgan fingerprint density at radius 2 is 1.81 bits per heavy atom. The Hall–Kier alpha value is -3.88. The molecule has 0 aliphatic carbocycles. The molecule has 3 rings (SSSR count). The zero-order valence-electron chi connectivity index (χ0n) is 14.5. The minimum Gasteiger partial charge on any atom is -0.493 e. The molecule has 0 fully saturated rings. The summed E-state index contributed by atoms with van der Waals surface area (Å²) in [5, 5.41) is 9.56. The summed E-state index contributed by atoms with van der Waals surface area (Å²) in [5.74, 6) is -0.208. The number of nitrogens with zero attached hydrogens (tertiary/aromatic N) is 3. The standard InChI is InChI=1S/C18H16N4O5/c1-25-11-5-3-4-6-12(11)27-15-14(16(19)24)21-17(22-18(15)26-2)10-7-8-20-13(23)9-10/h3-9H,1-2H3,(H2,19,24)(H,20,23). The zero-order valence-corrected chi connectivity index (χ0v) is 14.5. The van der Waals surface area contributed by atoms with Crippen LogP contribution in [0.4, 0.5) is 0 Å². The van der Waals surface area contributed by atoms with Crippen LogP contribution in [-0.4, -0.2) is 40.2 Å². The van der Waals surface area contributed by atoms with E-state index in [1.165, 1.54) is 26.5 Å². The molecule has 0 atom stereocenters. The van der Waals surface area contributed by atoms with Crippen LogP contribution in [0, 0.1) is 0 Å². The van der Waals surface area contributed by atoms with E-state index in [0.717, 1.165) is 0 Å². The van der Waals surface area contributed by atoms with E-state index in [0.29, 0.717) is 17.1 Å². The third-order valence-corrected chi connectivity index (χ3v) is 3.55. The van der Waals surface area contributed by atoms with Crippen LogP contribution in [0.15, 0.2) is 42.6 Å². The molecule has 1 amide bonds. The first-order valence-corrected chi connectivity index (χ1v) is 7.75. The average molecular weight is 368 g/mol. The van der Waals surface area contributed by atoms with Gasteiger partial charge < -0.3 is 25.1 Å². The van der Waals surface area contributed by atoms with Gasteiger partial charge in [0.25, 0.3) is 11.8 Å². The van der Waals surface area contributed by atoms with Crippen LogP contribution in [-0.2, 0) is 0 Å². The van der Waals surface area contributed by atoms with E-state index in [4.69, 9.17) is 19.9 Å². The first-order valence-electron chi connectivity index (χ1n) is 7.75. The van der Waals surface area contributed by atoms with Gasteiger partial charge in [0.05, 0.1) is 14.2 Å². The number of carbonyl (C=O) groups is 1. The Morgan fingerprint density at radius 3 is 2.44 bits per heavy atom. The molecule has 0 aliphatic heterocycles. The first kappa shape index (κ1) is 17.9. The second kappa shape index (κ2) is 7.56. The smallest absolute Gasteiger partial charge is 0.271 e. The molecule has 3 aromatic rings. The van der Waals surface area contributed by atoms with Gasteiger partial charge in [-0.15, -0.1) is 0 Å². The molecule has 0 saturated carbocycles. The number of pyridine rings is 1. The van der Waals surface area contributed by atoms with Crippen molar-refractivity contribution in [2.45, 2.75) is 0 Å². The summed E-state index contributed by atoms with van der Waals surface area (Å²) in [4.78, 5) is 24.1. The molecule has 0 aliphatic rings. The van der Waals surface area contributed by atoms with Gasteiger partial charge in [-0.25, -0.2) is 9.97 Å². The summed E-state index contributed by atoms with van der Waals surface area (Å²) < 4.78 is 16.3. The highest BCUT2D eigenvalue weighted by Gasteiger charge is 2.23. The maximum absolute atomic E-state index is 12.0. The maximum atomic E-state index is 12.0. The van der Waals surface area contributed by atoms with E-state index in [-0.39, 0.29) is 29.0 Å². The normalized spacial score (nSPS) is 10.3. The summed E-state index contributed by atoms with van der Waals surface area (Å²) in [5.41, 5.74) is 5.72. The quantitative estimate of drug-likeness (QED) is 0.677. The van der Waals surface area contributed by atoms with E-state index in [2.05, 4.69) is 15.0 Å². The predicted octanol–water partition coefficient (Wildman–Crippen LogP) is 2.15. The number of hydrogen-bond acceptors (Lipinski definition) is 8. The van der Waals surface area contributed by atoms with Crippen LogP contribution in [0.2, 0.25) is 0 Å². The number of nitrogens with two attached hydrogens (primary N) is 1. The van der Waals surface area contributed by atoms with Gasteiger partial charge in [0.15, 0.2) is 23.0 Å². The van der Waals surface area contributed by atoms with Gasteiger partial charge in [-0.1, -0.05) is 12.1 Å². The van der Waals surface area contributed by atoms with Crippen LogP contribution in [0.25, 0.3) is 11.4 Å². The van der Waals surface area contributed by atoms with Crippen molar-refractivity contribution < 1.29 is 24.1 Å². The van der Waals surface area contributed by atoms with Crippen molar-refractivity contribution in [2.24, 2.45) is 5.73 Å². The number of para-hydroxylation sites is 2. The lowest BCUT2D eigenvalue weighted by Crippen LogP contribution is -2.16. The van der Waals surface area contributed by atoms with E-state index < -0.39 is 5.91 Å². The van der Waals surface area contributed by atoms with Gasteiger partial charge in [-0.3, -0.25) is 4.79 Å². The molecular formula is C18H16N4O5. The zero-order chi connectivity index (χ0) is 19.4. The lowest BCUT2D eigenvalue weighted by atomic mass is 10.2. The Bertz CT molecular complexity index is 993. The molecule has 0 spiro atoms. The number of methoxy groups -OCH3 is 2. The molecule has 0 unspecified atom stereocenters. The minimum absolute atomic E-state index is 0.00370. The van der Waals surface area contributed by atoms with Crippen molar-refractivity contribution in [1.29, 1.82) is 0 Å². The van der Waals surface area contributed by atoms with Gasteiger partial charge in [0.2, 0.25) is 11.6 Å². The molecular weight excluding hydrogens is 352 g/mol. The van der Waals surface area contributed by atoms with Crippen LogP contribution in [0.1, 0.15) is 10.5 Å². The molecule has 27 heavy (non-hydrogen) atoms. The number of ether oxygens (including phenoxy) is 3. The fourth-order valence-electron chi connectivity index (χ4n) is 2.33. The summed E-state index contributed by atoms with van der Waals surface area (Å²) in [7, 11) is 2.86. The van der Waals surface area contributed by atoms with Crippen LogP contribution >= 0.6 is 0 Å². The van der Waals surface area contributed by atoms with Gasteiger partial charge in [-0.2, -0.15) is 4.98 Å². The highest BCUT2D eigenvalue weighted by molar-refractivity contribution is 5.95. The summed E-state index contributed by atoms with van der Waals surface area (Å²) in [6, 6.07) is 9.77. The van der Waals surface area contributed by atoms with Gasteiger partial charge >= 0.3 is 0 Å².